The molecule has 0 fully saturated rings. The fraction of sp³-hybridized carbons (Fsp3) is 0.600. The van der Waals surface area contributed by atoms with E-state index in [4.69, 9.17) is 4.74 Å². The van der Waals surface area contributed by atoms with Crippen molar-refractivity contribution in [3.05, 3.63) is 42.0 Å². The summed E-state index contributed by atoms with van der Waals surface area (Å²) < 4.78 is 32.9. The van der Waals surface area contributed by atoms with Gasteiger partial charge in [0, 0.05) is 5.56 Å². The second-order valence-corrected chi connectivity index (χ2v) is 8.04. The van der Waals surface area contributed by atoms with Crippen molar-refractivity contribution in [3.8, 4) is 17.1 Å². The lowest BCUT2D eigenvalue weighted by Gasteiger charge is -2.08. The molecule has 166 valence electrons. The quantitative estimate of drug-likeness (QED) is 0.281. The van der Waals surface area contributed by atoms with Crippen LogP contribution in [0.15, 0.2) is 30.6 Å². The van der Waals surface area contributed by atoms with E-state index in [0.29, 0.717) is 42.1 Å². The van der Waals surface area contributed by atoms with E-state index >= 15 is 0 Å². The second-order valence-electron chi connectivity index (χ2n) is 8.04. The van der Waals surface area contributed by atoms with E-state index in [0.717, 1.165) is 25.7 Å². The predicted octanol–water partition coefficient (Wildman–Crippen LogP) is 7.48. The molecule has 0 amide bonds. The Kier molecular flexibility index (Phi) is 11.3. The lowest BCUT2D eigenvalue weighted by Crippen LogP contribution is -1.99. The normalized spacial score (nSPS) is 12.1. The predicted molar refractivity (Wildman–Crippen MR) is 119 cm³/mol. The summed E-state index contributed by atoms with van der Waals surface area (Å²) in [6.45, 7) is 4.46. The topological polar surface area (TPSA) is 35.0 Å². The molecule has 2 rings (SSSR count). The van der Waals surface area contributed by atoms with Crippen molar-refractivity contribution in [1.29, 1.82) is 0 Å². The van der Waals surface area contributed by atoms with Crippen LogP contribution in [0.25, 0.3) is 11.4 Å². The van der Waals surface area contributed by atoms with E-state index in [2.05, 4.69) is 16.9 Å². The first-order valence-electron chi connectivity index (χ1n) is 11.5. The minimum absolute atomic E-state index is 0.238. The fourth-order valence-electron chi connectivity index (χ4n) is 3.42. The Bertz CT molecular complexity index is 720. The third kappa shape index (κ3) is 9.19. The van der Waals surface area contributed by atoms with Gasteiger partial charge in [-0.3, -0.25) is 0 Å². The molecule has 2 aromatic rings. The van der Waals surface area contributed by atoms with Crippen LogP contribution in [0.2, 0.25) is 0 Å². The molecule has 0 radical (unpaired) electrons. The zero-order valence-electron chi connectivity index (χ0n) is 18.5. The smallest absolute Gasteiger partial charge is 0.159 e. The maximum Gasteiger partial charge on any atom is 0.159 e. The zero-order valence-corrected chi connectivity index (χ0v) is 18.5. The van der Waals surface area contributed by atoms with Gasteiger partial charge in [0.1, 0.15) is 5.82 Å². The average molecular weight is 419 g/mol. The van der Waals surface area contributed by atoms with Gasteiger partial charge < -0.3 is 4.74 Å². The van der Waals surface area contributed by atoms with E-state index < -0.39 is 6.17 Å². The summed E-state index contributed by atoms with van der Waals surface area (Å²) in [6, 6.07) is 5.15. The molecule has 0 bridgehead atoms. The van der Waals surface area contributed by atoms with E-state index in [9.17, 15) is 8.78 Å². The standard InChI is InChI=1S/C25H36F2N2O/c1-3-4-5-6-7-11-16-30-23-18-28-25(29-19-23)22-15-14-21(24(27)17-22)13-10-8-9-12-20(2)26/h14-15,17-20H,3-13,16H2,1-2H3. The van der Waals surface area contributed by atoms with Gasteiger partial charge in [0.05, 0.1) is 25.2 Å². The summed E-state index contributed by atoms with van der Waals surface area (Å²) in [5.41, 5.74) is 1.34. The fourth-order valence-corrected chi connectivity index (χ4v) is 3.42. The molecule has 0 aliphatic carbocycles. The number of unbranched alkanes of at least 4 members (excludes halogenated alkanes) is 7. The Balaban J connectivity index is 1.76. The summed E-state index contributed by atoms with van der Waals surface area (Å²) in [5.74, 6) is 0.898. The van der Waals surface area contributed by atoms with Crippen molar-refractivity contribution in [2.75, 3.05) is 6.61 Å². The van der Waals surface area contributed by atoms with Crippen LogP contribution in [-0.4, -0.2) is 22.7 Å². The van der Waals surface area contributed by atoms with Gasteiger partial charge in [-0.15, -0.1) is 0 Å². The maximum absolute atomic E-state index is 14.4. The average Bonchev–Trinajstić information content (AvgIpc) is 2.74. The molecule has 0 saturated carbocycles. The number of aryl methyl sites for hydroxylation is 1. The Hall–Kier alpha value is -2.04. The molecule has 0 aliphatic rings. The van der Waals surface area contributed by atoms with Gasteiger partial charge in [-0.1, -0.05) is 64.0 Å². The van der Waals surface area contributed by atoms with E-state index in [-0.39, 0.29) is 5.82 Å². The highest BCUT2D eigenvalue weighted by Crippen LogP contribution is 2.21. The largest absolute Gasteiger partial charge is 0.490 e. The molecule has 0 saturated heterocycles. The molecular weight excluding hydrogens is 382 g/mol. The van der Waals surface area contributed by atoms with Gasteiger partial charge in [0.15, 0.2) is 11.6 Å². The highest BCUT2D eigenvalue weighted by atomic mass is 19.1. The van der Waals surface area contributed by atoms with Crippen LogP contribution in [0.4, 0.5) is 8.78 Å². The van der Waals surface area contributed by atoms with Crippen LogP contribution in [0.3, 0.4) is 0 Å². The lowest BCUT2D eigenvalue weighted by atomic mass is 10.0. The highest BCUT2D eigenvalue weighted by molar-refractivity contribution is 5.55. The SMILES string of the molecule is CCCCCCCCOc1cnc(-c2ccc(CCCCCC(C)F)c(F)c2)nc1. The zero-order chi connectivity index (χ0) is 21.6. The minimum atomic E-state index is -0.756. The second kappa shape index (κ2) is 14.1. The van der Waals surface area contributed by atoms with Crippen LogP contribution in [0.5, 0.6) is 5.75 Å². The number of halogens is 2. The summed E-state index contributed by atoms with van der Waals surface area (Å²) in [6.07, 6.45) is 13.7. The molecule has 1 aromatic heterocycles. The number of nitrogens with zero attached hydrogens (tertiary/aromatic N) is 2. The number of benzene rings is 1. The molecule has 0 aliphatic heterocycles. The van der Waals surface area contributed by atoms with Crippen LogP contribution < -0.4 is 4.74 Å². The molecule has 3 nitrogen and oxygen atoms in total. The summed E-state index contributed by atoms with van der Waals surface area (Å²) in [5, 5.41) is 0. The van der Waals surface area contributed by atoms with E-state index in [1.165, 1.54) is 38.2 Å². The first-order chi connectivity index (χ1) is 14.6. The molecule has 1 unspecified atom stereocenters. The van der Waals surface area contributed by atoms with Crippen molar-refractivity contribution in [3.63, 3.8) is 0 Å². The number of hydrogen-bond acceptors (Lipinski definition) is 3. The van der Waals surface area contributed by atoms with Crippen molar-refractivity contribution >= 4 is 0 Å². The molecule has 1 aromatic carbocycles. The molecular formula is C25H36F2N2O. The van der Waals surface area contributed by atoms with Crippen molar-refractivity contribution in [1.82, 2.24) is 9.97 Å². The molecule has 0 N–H and O–H groups in total. The van der Waals surface area contributed by atoms with Crippen molar-refractivity contribution < 1.29 is 13.5 Å². The van der Waals surface area contributed by atoms with Crippen molar-refractivity contribution in [2.24, 2.45) is 0 Å². The molecule has 5 heteroatoms. The van der Waals surface area contributed by atoms with Crippen LogP contribution in [-0.2, 0) is 6.42 Å². The third-order valence-corrected chi connectivity index (χ3v) is 5.25. The van der Waals surface area contributed by atoms with E-state index in [1.54, 1.807) is 25.4 Å². The highest BCUT2D eigenvalue weighted by Gasteiger charge is 2.08. The number of rotatable bonds is 15. The van der Waals surface area contributed by atoms with Crippen molar-refractivity contribution in [2.45, 2.75) is 90.6 Å². The van der Waals surface area contributed by atoms with Gasteiger partial charge in [-0.2, -0.15) is 0 Å². The number of ether oxygens (including phenoxy) is 1. The first kappa shape index (κ1) is 24.2. The van der Waals surface area contributed by atoms with Crippen LogP contribution in [0, 0.1) is 5.82 Å². The van der Waals surface area contributed by atoms with Crippen LogP contribution in [0.1, 0.15) is 83.6 Å². The monoisotopic (exact) mass is 418 g/mol. The Morgan fingerprint density at radius 2 is 1.63 bits per heavy atom. The Morgan fingerprint density at radius 1 is 0.933 bits per heavy atom. The van der Waals surface area contributed by atoms with Gasteiger partial charge in [-0.05, 0) is 44.2 Å². The lowest BCUT2D eigenvalue weighted by molar-refractivity contribution is 0.302. The first-order valence-corrected chi connectivity index (χ1v) is 11.5. The third-order valence-electron chi connectivity index (χ3n) is 5.25. The molecule has 1 atom stereocenters. The Labute approximate surface area is 180 Å². The maximum atomic E-state index is 14.4. The molecule has 0 spiro atoms. The minimum Gasteiger partial charge on any atom is -0.490 e. The summed E-state index contributed by atoms with van der Waals surface area (Å²) >= 11 is 0. The van der Waals surface area contributed by atoms with Crippen LogP contribution >= 0.6 is 0 Å². The number of alkyl halides is 1. The Morgan fingerprint density at radius 3 is 2.33 bits per heavy atom. The summed E-state index contributed by atoms with van der Waals surface area (Å²) in [7, 11) is 0. The van der Waals surface area contributed by atoms with Gasteiger partial charge in [0.2, 0.25) is 0 Å². The van der Waals surface area contributed by atoms with Gasteiger partial charge >= 0.3 is 0 Å². The molecule has 30 heavy (non-hydrogen) atoms. The number of aromatic nitrogens is 2. The molecule has 1 heterocycles. The van der Waals surface area contributed by atoms with Gasteiger partial charge in [-0.25, -0.2) is 18.7 Å². The number of hydrogen-bond donors (Lipinski definition) is 0. The van der Waals surface area contributed by atoms with Gasteiger partial charge in [0.25, 0.3) is 0 Å². The summed E-state index contributed by atoms with van der Waals surface area (Å²) in [4.78, 5) is 8.65. The van der Waals surface area contributed by atoms with E-state index in [1.807, 2.05) is 6.07 Å².